The van der Waals surface area contributed by atoms with Gasteiger partial charge in [0.15, 0.2) is 0 Å². The van der Waals surface area contributed by atoms with Crippen LogP contribution in [0.25, 0.3) is 0 Å². The predicted molar refractivity (Wildman–Crippen MR) is 84.5 cm³/mol. The molecule has 0 aliphatic heterocycles. The average molecular weight is 288 g/mol. The van der Waals surface area contributed by atoms with E-state index in [0.29, 0.717) is 0 Å². The summed E-state index contributed by atoms with van der Waals surface area (Å²) in [5.41, 5.74) is 1.23. The summed E-state index contributed by atoms with van der Waals surface area (Å²) in [7, 11) is 1.67. The molecule has 1 N–H and O–H groups in total. The molecule has 0 aliphatic rings. The minimum atomic E-state index is -0.276. The fourth-order valence-electron chi connectivity index (χ4n) is 1.92. The lowest BCUT2D eigenvalue weighted by Gasteiger charge is -2.10. The number of aliphatic hydroxyl groups excluding tert-OH is 1. The van der Waals surface area contributed by atoms with Crippen LogP contribution < -0.4 is 4.74 Å². The topological polar surface area (TPSA) is 29.5 Å². The van der Waals surface area contributed by atoms with Crippen LogP contribution in [0.2, 0.25) is 0 Å². The monoisotopic (exact) mass is 288 g/mol. The van der Waals surface area contributed by atoms with E-state index in [0.717, 1.165) is 24.3 Å². The Labute approximate surface area is 124 Å². The SMILES string of the molecule is COc1ccc(CCC(O)CSc2ccccc2)cc1. The maximum absolute atomic E-state index is 10.0. The van der Waals surface area contributed by atoms with Crippen LogP contribution in [0.5, 0.6) is 5.75 Å². The second-order valence-electron chi connectivity index (χ2n) is 4.66. The molecule has 0 fully saturated rings. The standard InChI is InChI=1S/C17H20O2S/c1-19-16-11-8-14(9-12-16)7-10-15(18)13-20-17-5-3-2-4-6-17/h2-6,8-9,11-12,15,18H,7,10,13H2,1H3. The Morgan fingerprint density at radius 2 is 1.75 bits per heavy atom. The fraction of sp³-hybridized carbons (Fsp3) is 0.294. The van der Waals surface area contributed by atoms with Crippen molar-refractivity contribution < 1.29 is 9.84 Å². The number of hydrogen-bond acceptors (Lipinski definition) is 3. The average Bonchev–Trinajstić information content (AvgIpc) is 2.52. The summed E-state index contributed by atoms with van der Waals surface area (Å²) in [6.45, 7) is 0. The summed E-state index contributed by atoms with van der Waals surface area (Å²) in [4.78, 5) is 1.20. The predicted octanol–water partition coefficient (Wildman–Crippen LogP) is 3.78. The van der Waals surface area contributed by atoms with Crippen molar-refractivity contribution >= 4 is 11.8 Å². The van der Waals surface area contributed by atoms with E-state index in [1.807, 2.05) is 30.3 Å². The number of thioether (sulfide) groups is 1. The van der Waals surface area contributed by atoms with Crippen molar-refractivity contribution in [2.45, 2.75) is 23.8 Å². The van der Waals surface area contributed by atoms with Gasteiger partial charge in [0.05, 0.1) is 13.2 Å². The van der Waals surface area contributed by atoms with Crippen molar-refractivity contribution in [2.75, 3.05) is 12.9 Å². The molecule has 1 unspecified atom stereocenters. The Hall–Kier alpha value is -1.45. The molecule has 0 saturated carbocycles. The van der Waals surface area contributed by atoms with Crippen molar-refractivity contribution in [3.63, 3.8) is 0 Å². The molecule has 2 rings (SSSR count). The van der Waals surface area contributed by atoms with Gasteiger partial charge in [0.25, 0.3) is 0 Å². The Balaban J connectivity index is 1.73. The van der Waals surface area contributed by atoms with Crippen LogP contribution in [-0.4, -0.2) is 24.1 Å². The van der Waals surface area contributed by atoms with E-state index in [9.17, 15) is 5.11 Å². The minimum Gasteiger partial charge on any atom is -0.497 e. The quantitative estimate of drug-likeness (QED) is 0.786. The first kappa shape index (κ1) is 14.9. The molecule has 2 aromatic rings. The van der Waals surface area contributed by atoms with Crippen LogP contribution in [0.15, 0.2) is 59.5 Å². The molecule has 0 heterocycles. The maximum Gasteiger partial charge on any atom is 0.118 e. The van der Waals surface area contributed by atoms with Crippen LogP contribution >= 0.6 is 11.8 Å². The molecule has 20 heavy (non-hydrogen) atoms. The van der Waals surface area contributed by atoms with Gasteiger partial charge in [-0.15, -0.1) is 11.8 Å². The number of benzene rings is 2. The Kier molecular flexibility index (Phi) is 5.96. The van der Waals surface area contributed by atoms with E-state index in [1.165, 1.54) is 10.5 Å². The molecule has 106 valence electrons. The molecule has 2 nitrogen and oxygen atoms in total. The van der Waals surface area contributed by atoms with Gasteiger partial charge >= 0.3 is 0 Å². The van der Waals surface area contributed by atoms with Gasteiger partial charge in [0.1, 0.15) is 5.75 Å². The smallest absolute Gasteiger partial charge is 0.118 e. The molecular formula is C17H20O2S. The summed E-state index contributed by atoms with van der Waals surface area (Å²) >= 11 is 1.70. The number of aliphatic hydroxyl groups is 1. The molecule has 2 aromatic carbocycles. The van der Waals surface area contributed by atoms with Gasteiger partial charge in [0.2, 0.25) is 0 Å². The van der Waals surface area contributed by atoms with Crippen LogP contribution in [0.4, 0.5) is 0 Å². The number of ether oxygens (including phenoxy) is 1. The van der Waals surface area contributed by atoms with Crippen molar-refractivity contribution in [1.82, 2.24) is 0 Å². The van der Waals surface area contributed by atoms with Gasteiger partial charge in [0, 0.05) is 10.6 Å². The van der Waals surface area contributed by atoms with E-state index >= 15 is 0 Å². The van der Waals surface area contributed by atoms with Gasteiger partial charge in [-0.2, -0.15) is 0 Å². The highest BCUT2D eigenvalue weighted by Gasteiger charge is 2.06. The summed E-state index contributed by atoms with van der Waals surface area (Å²) in [5.74, 6) is 1.61. The van der Waals surface area contributed by atoms with Crippen LogP contribution in [0.3, 0.4) is 0 Å². The Bertz CT molecular complexity index is 496. The number of rotatable bonds is 7. The molecule has 0 aliphatic carbocycles. The molecule has 1 atom stereocenters. The lowest BCUT2D eigenvalue weighted by atomic mass is 10.1. The van der Waals surface area contributed by atoms with Gasteiger partial charge < -0.3 is 9.84 Å². The number of aryl methyl sites for hydroxylation is 1. The Morgan fingerprint density at radius 1 is 1.05 bits per heavy atom. The first-order valence-electron chi connectivity index (χ1n) is 6.77. The highest BCUT2D eigenvalue weighted by atomic mass is 32.2. The first-order chi connectivity index (χ1) is 9.78. The molecular weight excluding hydrogens is 268 g/mol. The molecule has 0 aromatic heterocycles. The molecule has 3 heteroatoms. The molecule has 0 amide bonds. The summed E-state index contributed by atoms with van der Waals surface area (Å²) in [5, 5.41) is 10.0. The Morgan fingerprint density at radius 3 is 2.40 bits per heavy atom. The third-order valence-electron chi connectivity index (χ3n) is 3.11. The molecule has 0 saturated heterocycles. The summed E-state index contributed by atoms with van der Waals surface area (Å²) in [6, 6.07) is 18.2. The number of hydrogen-bond donors (Lipinski definition) is 1. The van der Waals surface area contributed by atoms with Gasteiger partial charge in [-0.05, 0) is 42.7 Å². The molecule has 0 bridgehead atoms. The summed E-state index contributed by atoms with van der Waals surface area (Å²) in [6.07, 6.45) is 1.40. The normalized spacial score (nSPS) is 12.1. The second-order valence-corrected chi connectivity index (χ2v) is 5.76. The third kappa shape index (κ3) is 4.91. The lowest BCUT2D eigenvalue weighted by Crippen LogP contribution is -2.11. The fourth-order valence-corrected chi connectivity index (χ4v) is 2.82. The minimum absolute atomic E-state index is 0.276. The van der Waals surface area contributed by atoms with Gasteiger partial charge in [-0.1, -0.05) is 30.3 Å². The van der Waals surface area contributed by atoms with E-state index in [1.54, 1.807) is 18.9 Å². The van der Waals surface area contributed by atoms with Crippen molar-refractivity contribution in [3.05, 3.63) is 60.2 Å². The van der Waals surface area contributed by atoms with E-state index < -0.39 is 0 Å². The van der Waals surface area contributed by atoms with Gasteiger partial charge in [-0.25, -0.2) is 0 Å². The van der Waals surface area contributed by atoms with E-state index in [-0.39, 0.29) is 6.10 Å². The first-order valence-corrected chi connectivity index (χ1v) is 7.75. The zero-order valence-electron chi connectivity index (χ0n) is 11.7. The molecule has 0 radical (unpaired) electrons. The number of methoxy groups -OCH3 is 1. The van der Waals surface area contributed by atoms with E-state index in [2.05, 4.69) is 24.3 Å². The van der Waals surface area contributed by atoms with Gasteiger partial charge in [-0.3, -0.25) is 0 Å². The molecule has 0 spiro atoms. The van der Waals surface area contributed by atoms with Crippen LogP contribution in [0.1, 0.15) is 12.0 Å². The van der Waals surface area contributed by atoms with Crippen molar-refractivity contribution in [3.8, 4) is 5.75 Å². The summed E-state index contributed by atoms with van der Waals surface area (Å²) < 4.78 is 5.13. The highest BCUT2D eigenvalue weighted by Crippen LogP contribution is 2.20. The largest absolute Gasteiger partial charge is 0.497 e. The van der Waals surface area contributed by atoms with Crippen LogP contribution in [-0.2, 0) is 6.42 Å². The van der Waals surface area contributed by atoms with Crippen molar-refractivity contribution in [2.24, 2.45) is 0 Å². The second kappa shape index (κ2) is 7.98. The lowest BCUT2D eigenvalue weighted by molar-refractivity contribution is 0.189. The van der Waals surface area contributed by atoms with E-state index in [4.69, 9.17) is 4.74 Å². The highest BCUT2D eigenvalue weighted by molar-refractivity contribution is 7.99. The third-order valence-corrected chi connectivity index (χ3v) is 4.27. The van der Waals surface area contributed by atoms with Crippen molar-refractivity contribution in [1.29, 1.82) is 0 Å². The zero-order chi connectivity index (χ0) is 14.2. The van der Waals surface area contributed by atoms with Crippen LogP contribution in [0, 0.1) is 0 Å². The zero-order valence-corrected chi connectivity index (χ0v) is 12.5. The maximum atomic E-state index is 10.0.